The molecule has 0 fully saturated rings. The lowest BCUT2D eigenvalue weighted by molar-refractivity contribution is -0.125. The highest BCUT2D eigenvalue weighted by atomic mass is 16.1. The Morgan fingerprint density at radius 3 is 2.89 bits per heavy atom. The third kappa shape index (κ3) is 3.15. The monoisotopic (exact) mass is 259 g/mol. The predicted octanol–water partition coefficient (Wildman–Crippen LogP) is 2.03. The highest BCUT2D eigenvalue weighted by molar-refractivity contribution is 5.84. The Bertz CT molecular complexity index is 547. The summed E-state index contributed by atoms with van der Waals surface area (Å²) in [6.45, 7) is 3.33. The number of hydrogen-bond acceptors (Lipinski definition) is 2. The lowest BCUT2D eigenvalue weighted by Crippen LogP contribution is -2.35. The third-order valence-electron chi connectivity index (χ3n) is 3.44. The zero-order valence-corrected chi connectivity index (χ0v) is 11.5. The lowest BCUT2D eigenvalue weighted by Gasteiger charge is -2.14. The summed E-state index contributed by atoms with van der Waals surface area (Å²) in [7, 11) is 1.87. The Labute approximate surface area is 113 Å². The first kappa shape index (κ1) is 13.6. The van der Waals surface area contributed by atoms with Gasteiger partial charge in [0.25, 0.3) is 0 Å². The van der Waals surface area contributed by atoms with Gasteiger partial charge in [0.2, 0.25) is 5.91 Å². The Kier molecular flexibility index (Phi) is 4.58. The van der Waals surface area contributed by atoms with Crippen LogP contribution in [-0.2, 0) is 11.3 Å². The van der Waals surface area contributed by atoms with E-state index in [1.54, 1.807) is 0 Å². The summed E-state index contributed by atoms with van der Waals surface area (Å²) < 4.78 is 0. The first-order valence-electron chi connectivity index (χ1n) is 6.73. The van der Waals surface area contributed by atoms with Crippen molar-refractivity contribution in [2.45, 2.75) is 19.9 Å². The van der Waals surface area contributed by atoms with Gasteiger partial charge in [-0.1, -0.05) is 25.1 Å². The van der Waals surface area contributed by atoms with Crippen LogP contribution in [0.3, 0.4) is 0 Å². The highest BCUT2D eigenvalue weighted by Crippen LogP contribution is 2.17. The van der Waals surface area contributed by atoms with Crippen molar-refractivity contribution < 1.29 is 4.79 Å². The number of aromatic nitrogens is 1. The van der Waals surface area contributed by atoms with Gasteiger partial charge in [-0.15, -0.1) is 0 Å². The van der Waals surface area contributed by atoms with Crippen molar-refractivity contribution in [3.8, 4) is 0 Å². The van der Waals surface area contributed by atoms with E-state index in [4.69, 9.17) is 0 Å². The Balaban J connectivity index is 2.00. The Morgan fingerprint density at radius 2 is 2.16 bits per heavy atom. The summed E-state index contributed by atoms with van der Waals surface area (Å²) in [5, 5.41) is 7.24. The van der Waals surface area contributed by atoms with E-state index in [9.17, 15) is 4.79 Å². The number of rotatable bonds is 6. The van der Waals surface area contributed by atoms with E-state index in [1.807, 2.05) is 38.4 Å². The molecule has 0 aliphatic carbocycles. The number of carbonyl (C=O) groups excluding carboxylic acids is 1. The molecule has 1 atom stereocenters. The molecule has 0 bridgehead atoms. The molecule has 1 aromatic carbocycles. The summed E-state index contributed by atoms with van der Waals surface area (Å²) in [6.07, 6.45) is 2.81. The molecule has 102 valence electrons. The molecule has 3 N–H and O–H groups in total. The molecular formula is C15H21N3O. The number of benzene rings is 1. The van der Waals surface area contributed by atoms with Gasteiger partial charge >= 0.3 is 0 Å². The summed E-state index contributed by atoms with van der Waals surface area (Å²) in [6, 6.07) is 8.12. The van der Waals surface area contributed by atoms with Gasteiger partial charge in [0.15, 0.2) is 0 Å². The van der Waals surface area contributed by atoms with Crippen LogP contribution in [0.15, 0.2) is 30.5 Å². The van der Waals surface area contributed by atoms with Crippen LogP contribution < -0.4 is 10.6 Å². The van der Waals surface area contributed by atoms with Crippen molar-refractivity contribution in [3.63, 3.8) is 0 Å². The molecule has 2 aromatic rings. The number of fused-ring (bicyclic) bond motifs is 1. The quantitative estimate of drug-likeness (QED) is 0.743. The average Bonchev–Trinajstić information content (AvgIpc) is 2.85. The second kappa shape index (κ2) is 6.38. The highest BCUT2D eigenvalue weighted by Gasteiger charge is 2.15. The molecule has 1 aromatic heterocycles. The van der Waals surface area contributed by atoms with Crippen LogP contribution >= 0.6 is 0 Å². The summed E-state index contributed by atoms with van der Waals surface area (Å²) in [5.74, 6) is 0.150. The van der Waals surface area contributed by atoms with Gasteiger partial charge < -0.3 is 15.6 Å². The summed E-state index contributed by atoms with van der Waals surface area (Å²) in [5.41, 5.74) is 2.23. The molecule has 0 spiro atoms. The van der Waals surface area contributed by atoms with Gasteiger partial charge in [-0.05, 0) is 25.1 Å². The van der Waals surface area contributed by atoms with Gasteiger partial charge in [0, 0.05) is 30.2 Å². The Hall–Kier alpha value is -1.81. The SMILES string of the molecule is CCC(CNC)C(=O)NCc1c[nH]c2ccccc12. The maximum atomic E-state index is 12.0. The van der Waals surface area contributed by atoms with Gasteiger partial charge in [0.05, 0.1) is 5.92 Å². The third-order valence-corrected chi connectivity index (χ3v) is 3.44. The van der Waals surface area contributed by atoms with Crippen molar-refractivity contribution in [1.82, 2.24) is 15.6 Å². The number of aromatic amines is 1. The van der Waals surface area contributed by atoms with Crippen LogP contribution in [0, 0.1) is 5.92 Å². The van der Waals surface area contributed by atoms with Crippen LogP contribution in [-0.4, -0.2) is 24.5 Å². The van der Waals surface area contributed by atoms with Crippen LogP contribution in [0.1, 0.15) is 18.9 Å². The number of carbonyl (C=O) groups is 1. The van der Waals surface area contributed by atoms with Crippen LogP contribution in [0.2, 0.25) is 0 Å². The van der Waals surface area contributed by atoms with E-state index in [1.165, 1.54) is 5.39 Å². The minimum absolute atomic E-state index is 0.0372. The van der Waals surface area contributed by atoms with Crippen molar-refractivity contribution in [3.05, 3.63) is 36.0 Å². The number of para-hydroxylation sites is 1. The minimum Gasteiger partial charge on any atom is -0.361 e. The molecule has 2 rings (SSSR count). The standard InChI is InChI=1S/C15H21N3O/c1-3-11(8-16-2)15(19)18-10-12-9-17-14-7-5-4-6-13(12)14/h4-7,9,11,16-17H,3,8,10H2,1-2H3,(H,18,19). The van der Waals surface area contributed by atoms with Gasteiger partial charge in [-0.25, -0.2) is 0 Å². The molecule has 1 amide bonds. The van der Waals surface area contributed by atoms with Crippen LogP contribution in [0.5, 0.6) is 0 Å². The Morgan fingerprint density at radius 1 is 1.37 bits per heavy atom. The smallest absolute Gasteiger partial charge is 0.224 e. The topological polar surface area (TPSA) is 56.9 Å². The van der Waals surface area contributed by atoms with E-state index in [-0.39, 0.29) is 11.8 Å². The van der Waals surface area contributed by atoms with Crippen molar-refractivity contribution in [2.75, 3.05) is 13.6 Å². The fraction of sp³-hybridized carbons (Fsp3) is 0.400. The lowest BCUT2D eigenvalue weighted by atomic mass is 10.1. The first-order chi connectivity index (χ1) is 9.26. The average molecular weight is 259 g/mol. The molecule has 0 saturated heterocycles. The first-order valence-corrected chi connectivity index (χ1v) is 6.73. The van der Waals surface area contributed by atoms with E-state index >= 15 is 0 Å². The van der Waals surface area contributed by atoms with Crippen molar-refractivity contribution >= 4 is 16.8 Å². The number of amides is 1. The molecule has 19 heavy (non-hydrogen) atoms. The number of hydrogen-bond donors (Lipinski definition) is 3. The van der Waals surface area contributed by atoms with Gasteiger partial charge in [0.1, 0.15) is 0 Å². The van der Waals surface area contributed by atoms with Crippen LogP contribution in [0.25, 0.3) is 10.9 Å². The normalized spacial score (nSPS) is 12.5. The number of nitrogens with one attached hydrogen (secondary N) is 3. The van der Waals surface area contributed by atoms with E-state index in [2.05, 4.69) is 21.7 Å². The van der Waals surface area contributed by atoms with E-state index in [0.717, 1.165) is 24.0 Å². The van der Waals surface area contributed by atoms with E-state index in [0.29, 0.717) is 6.54 Å². The largest absolute Gasteiger partial charge is 0.361 e. The molecule has 4 nitrogen and oxygen atoms in total. The zero-order chi connectivity index (χ0) is 13.7. The van der Waals surface area contributed by atoms with Crippen LogP contribution in [0.4, 0.5) is 0 Å². The summed E-state index contributed by atoms with van der Waals surface area (Å²) in [4.78, 5) is 15.3. The molecule has 4 heteroatoms. The molecule has 1 heterocycles. The maximum absolute atomic E-state index is 12.0. The minimum atomic E-state index is 0.0372. The van der Waals surface area contributed by atoms with Gasteiger partial charge in [-0.2, -0.15) is 0 Å². The molecular weight excluding hydrogens is 238 g/mol. The van der Waals surface area contributed by atoms with Crippen molar-refractivity contribution in [2.24, 2.45) is 5.92 Å². The maximum Gasteiger partial charge on any atom is 0.224 e. The molecule has 0 aliphatic rings. The predicted molar refractivity (Wildman–Crippen MR) is 77.9 cm³/mol. The second-order valence-corrected chi connectivity index (χ2v) is 4.74. The van der Waals surface area contributed by atoms with E-state index < -0.39 is 0 Å². The molecule has 0 radical (unpaired) electrons. The number of H-pyrrole nitrogens is 1. The zero-order valence-electron chi connectivity index (χ0n) is 11.5. The molecule has 1 unspecified atom stereocenters. The molecule has 0 saturated carbocycles. The van der Waals surface area contributed by atoms with Gasteiger partial charge in [-0.3, -0.25) is 4.79 Å². The second-order valence-electron chi connectivity index (χ2n) is 4.74. The molecule has 0 aliphatic heterocycles. The van der Waals surface area contributed by atoms with Crippen molar-refractivity contribution in [1.29, 1.82) is 0 Å². The summed E-state index contributed by atoms with van der Waals surface area (Å²) >= 11 is 0. The fourth-order valence-electron chi connectivity index (χ4n) is 2.27. The fourth-order valence-corrected chi connectivity index (χ4v) is 2.27.